The summed E-state index contributed by atoms with van der Waals surface area (Å²) >= 11 is 0. The molecule has 1 heterocycles. The predicted molar refractivity (Wildman–Crippen MR) is 74.0 cm³/mol. The van der Waals surface area contributed by atoms with Gasteiger partial charge in [0.05, 0.1) is 10.6 Å². The molecule has 1 aromatic carbocycles. The van der Waals surface area contributed by atoms with E-state index in [2.05, 4.69) is 0 Å². The van der Waals surface area contributed by atoms with E-state index in [0.29, 0.717) is 19.5 Å². The van der Waals surface area contributed by atoms with E-state index in [1.54, 1.807) is 0 Å². The van der Waals surface area contributed by atoms with Gasteiger partial charge >= 0.3 is 0 Å². The van der Waals surface area contributed by atoms with Gasteiger partial charge in [-0.05, 0) is 43.4 Å². The second-order valence-corrected chi connectivity index (χ2v) is 7.00. The van der Waals surface area contributed by atoms with Crippen LogP contribution in [-0.2, 0) is 10.0 Å². The van der Waals surface area contributed by atoms with Gasteiger partial charge in [-0.25, -0.2) is 12.8 Å². The van der Waals surface area contributed by atoms with Crippen LogP contribution in [0.1, 0.15) is 19.3 Å². The number of hydrogen-bond donors (Lipinski definition) is 2. The Kier molecular flexibility index (Phi) is 4.62. The van der Waals surface area contributed by atoms with E-state index >= 15 is 0 Å². The topological polar surface area (TPSA) is 83.6 Å². The van der Waals surface area contributed by atoms with Gasteiger partial charge in [0, 0.05) is 19.7 Å². The lowest BCUT2D eigenvalue weighted by atomic mass is 9.97. The number of halogens is 1. The van der Waals surface area contributed by atoms with Crippen LogP contribution < -0.4 is 5.73 Å². The van der Waals surface area contributed by atoms with Crippen molar-refractivity contribution in [1.82, 2.24) is 4.31 Å². The van der Waals surface area contributed by atoms with Gasteiger partial charge in [0.2, 0.25) is 10.0 Å². The molecule has 0 amide bonds. The van der Waals surface area contributed by atoms with Crippen molar-refractivity contribution >= 4 is 15.7 Å². The molecule has 1 fully saturated rings. The first kappa shape index (κ1) is 15.2. The van der Waals surface area contributed by atoms with E-state index in [4.69, 9.17) is 10.8 Å². The van der Waals surface area contributed by atoms with E-state index in [9.17, 15) is 12.8 Å². The van der Waals surface area contributed by atoms with Crippen LogP contribution in [0.2, 0.25) is 0 Å². The highest BCUT2D eigenvalue weighted by atomic mass is 32.2. The number of aliphatic hydroxyl groups excluding tert-OH is 1. The molecule has 0 saturated carbocycles. The summed E-state index contributed by atoms with van der Waals surface area (Å²) in [4.78, 5) is -0.0751. The fourth-order valence-electron chi connectivity index (χ4n) is 2.48. The normalized spacial score (nSPS) is 21.0. The zero-order chi connectivity index (χ0) is 14.8. The van der Waals surface area contributed by atoms with Crippen LogP contribution in [0, 0.1) is 11.7 Å². The number of nitrogens with zero attached hydrogens (tertiary/aromatic N) is 1. The minimum absolute atomic E-state index is 0.0506. The molecule has 3 N–H and O–H groups in total. The molecule has 1 unspecified atom stereocenters. The third-order valence-electron chi connectivity index (χ3n) is 3.63. The van der Waals surface area contributed by atoms with E-state index in [0.717, 1.165) is 18.9 Å². The van der Waals surface area contributed by atoms with Crippen LogP contribution in [0.15, 0.2) is 23.1 Å². The molecule has 1 aliphatic heterocycles. The second-order valence-electron chi connectivity index (χ2n) is 5.07. The zero-order valence-electron chi connectivity index (χ0n) is 11.1. The second kappa shape index (κ2) is 6.07. The number of sulfonamides is 1. The molecule has 0 aliphatic carbocycles. The van der Waals surface area contributed by atoms with Crippen LogP contribution in [0.3, 0.4) is 0 Å². The van der Waals surface area contributed by atoms with Gasteiger partial charge in [0.25, 0.3) is 0 Å². The van der Waals surface area contributed by atoms with Crippen molar-refractivity contribution in [1.29, 1.82) is 0 Å². The van der Waals surface area contributed by atoms with Gasteiger partial charge in [0.1, 0.15) is 5.82 Å². The summed E-state index contributed by atoms with van der Waals surface area (Å²) in [6.45, 7) is 0.847. The van der Waals surface area contributed by atoms with Crippen LogP contribution in [0.25, 0.3) is 0 Å². The van der Waals surface area contributed by atoms with E-state index in [-0.39, 0.29) is 23.1 Å². The summed E-state index contributed by atoms with van der Waals surface area (Å²) in [5.74, 6) is -0.572. The maximum absolute atomic E-state index is 13.4. The van der Waals surface area contributed by atoms with Gasteiger partial charge < -0.3 is 10.8 Å². The zero-order valence-corrected chi connectivity index (χ0v) is 11.9. The lowest BCUT2D eigenvalue weighted by Crippen LogP contribution is -2.40. The number of nitrogen functional groups attached to an aromatic ring is 1. The fourth-order valence-corrected chi connectivity index (χ4v) is 4.05. The lowest BCUT2D eigenvalue weighted by molar-refractivity contribution is 0.203. The summed E-state index contributed by atoms with van der Waals surface area (Å²) in [6, 6.07) is 3.54. The van der Waals surface area contributed by atoms with Gasteiger partial charge in [-0.2, -0.15) is 4.31 Å². The molecule has 0 spiro atoms. The lowest BCUT2D eigenvalue weighted by Gasteiger charge is -2.31. The maximum Gasteiger partial charge on any atom is 0.243 e. The average Bonchev–Trinajstić information content (AvgIpc) is 2.42. The van der Waals surface area contributed by atoms with Crippen molar-refractivity contribution in [2.24, 2.45) is 5.92 Å². The van der Waals surface area contributed by atoms with Crippen LogP contribution in [-0.4, -0.2) is 37.5 Å². The van der Waals surface area contributed by atoms with E-state index in [1.807, 2.05) is 0 Å². The highest BCUT2D eigenvalue weighted by Crippen LogP contribution is 2.26. The third-order valence-corrected chi connectivity index (χ3v) is 5.49. The molecule has 20 heavy (non-hydrogen) atoms. The molecule has 1 aliphatic rings. The number of aliphatic hydroxyl groups is 1. The Morgan fingerprint density at radius 2 is 2.20 bits per heavy atom. The molecular weight excluding hydrogens is 283 g/mol. The SMILES string of the molecule is Nc1ccc(S(=O)(=O)N2CCCC(CCO)C2)cc1F. The summed E-state index contributed by atoms with van der Waals surface area (Å²) in [5, 5.41) is 8.96. The Bertz CT molecular complexity index is 575. The summed E-state index contributed by atoms with van der Waals surface area (Å²) < 4.78 is 39.7. The molecule has 1 atom stereocenters. The molecule has 5 nitrogen and oxygen atoms in total. The van der Waals surface area contributed by atoms with Crippen LogP contribution >= 0.6 is 0 Å². The Balaban J connectivity index is 2.23. The Morgan fingerprint density at radius 1 is 1.45 bits per heavy atom. The van der Waals surface area contributed by atoms with Gasteiger partial charge in [0.15, 0.2) is 0 Å². The molecule has 0 bridgehead atoms. The first-order valence-corrected chi connectivity index (χ1v) is 8.05. The molecule has 1 saturated heterocycles. The monoisotopic (exact) mass is 302 g/mol. The van der Waals surface area contributed by atoms with Crippen LogP contribution in [0.5, 0.6) is 0 Å². The maximum atomic E-state index is 13.4. The largest absolute Gasteiger partial charge is 0.396 e. The molecular formula is C13H19FN2O3S. The third kappa shape index (κ3) is 3.11. The molecule has 7 heteroatoms. The fraction of sp³-hybridized carbons (Fsp3) is 0.538. The Hall–Kier alpha value is -1.18. The number of piperidine rings is 1. The quantitative estimate of drug-likeness (QED) is 0.818. The Morgan fingerprint density at radius 3 is 2.85 bits per heavy atom. The van der Waals surface area contributed by atoms with E-state index < -0.39 is 15.8 Å². The predicted octanol–water partition coefficient (Wildman–Crippen LogP) is 1.19. The standard InChI is InChI=1S/C13H19FN2O3S/c14-12-8-11(3-4-13(12)15)20(18,19)16-6-1-2-10(9-16)5-7-17/h3-4,8,10,17H,1-2,5-7,9,15H2. The summed E-state index contributed by atoms with van der Waals surface area (Å²) in [7, 11) is -3.70. The molecule has 0 radical (unpaired) electrons. The summed E-state index contributed by atoms with van der Waals surface area (Å²) in [6.07, 6.45) is 2.24. The van der Waals surface area contributed by atoms with Crippen molar-refractivity contribution in [3.05, 3.63) is 24.0 Å². The molecule has 2 rings (SSSR count). The minimum atomic E-state index is -3.70. The Labute approximate surface area is 118 Å². The van der Waals surface area contributed by atoms with Crippen molar-refractivity contribution in [3.63, 3.8) is 0 Å². The van der Waals surface area contributed by atoms with Gasteiger partial charge in [-0.15, -0.1) is 0 Å². The summed E-state index contributed by atoms with van der Waals surface area (Å²) in [5.41, 5.74) is 5.29. The number of rotatable bonds is 4. The van der Waals surface area contributed by atoms with Crippen molar-refractivity contribution < 1.29 is 17.9 Å². The highest BCUT2D eigenvalue weighted by molar-refractivity contribution is 7.89. The van der Waals surface area contributed by atoms with Gasteiger partial charge in [-0.1, -0.05) is 0 Å². The van der Waals surface area contributed by atoms with Crippen molar-refractivity contribution in [2.75, 3.05) is 25.4 Å². The number of hydrogen-bond acceptors (Lipinski definition) is 4. The van der Waals surface area contributed by atoms with Crippen LogP contribution in [0.4, 0.5) is 10.1 Å². The number of benzene rings is 1. The van der Waals surface area contributed by atoms with E-state index in [1.165, 1.54) is 16.4 Å². The molecule has 112 valence electrons. The first-order chi connectivity index (χ1) is 9.45. The molecule has 1 aromatic rings. The van der Waals surface area contributed by atoms with Crippen molar-refractivity contribution in [2.45, 2.75) is 24.2 Å². The minimum Gasteiger partial charge on any atom is -0.396 e. The molecule has 0 aromatic heterocycles. The smallest absolute Gasteiger partial charge is 0.243 e. The number of anilines is 1. The van der Waals surface area contributed by atoms with Crippen molar-refractivity contribution in [3.8, 4) is 0 Å². The first-order valence-electron chi connectivity index (χ1n) is 6.61. The average molecular weight is 302 g/mol. The van der Waals surface area contributed by atoms with Gasteiger partial charge in [-0.3, -0.25) is 0 Å². The number of nitrogens with two attached hydrogens (primary N) is 1. The highest BCUT2D eigenvalue weighted by Gasteiger charge is 2.30.